The minimum absolute atomic E-state index is 0.181. The van der Waals surface area contributed by atoms with Gasteiger partial charge in [-0.1, -0.05) is 12.1 Å². The van der Waals surface area contributed by atoms with Crippen molar-refractivity contribution in [2.24, 2.45) is 5.92 Å². The first kappa shape index (κ1) is 17.8. The van der Waals surface area contributed by atoms with Crippen LogP contribution in [-0.4, -0.2) is 57.4 Å². The summed E-state index contributed by atoms with van der Waals surface area (Å²) in [5.74, 6) is 0.293. The van der Waals surface area contributed by atoms with E-state index in [9.17, 15) is 4.39 Å². The molecule has 0 aliphatic carbocycles. The quantitative estimate of drug-likeness (QED) is 0.701. The Balaban J connectivity index is 1.44. The Hall–Kier alpha value is -1.05. The van der Waals surface area contributed by atoms with E-state index in [0.717, 1.165) is 44.9 Å². The van der Waals surface area contributed by atoms with Crippen molar-refractivity contribution in [1.29, 1.82) is 0 Å². The number of methoxy groups -OCH3 is 1. The highest BCUT2D eigenvalue weighted by molar-refractivity contribution is 5.21. The lowest BCUT2D eigenvalue weighted by molar-refractivity contribution is 0.125. The van der Waals surface area contributed by atoms with Crippen LogP contribution in [0.3, 0.4) is 0 Å². The lowest BCUT2D eigenvalue weighted by Gasteiger charge is -2.33. The highest BCUT2D eigenvalue weighted by Gasteiger charge is 2.29. The Labute approximate surface area is 143 Å². The van der Waals surface area contributed by atoms with Crippen LogP contribution in [0.15, 0.2) is 24.3 Å². The van der Waals surface area contributed by atoms with Crippen molar-refractivity contribution in [3.63, 3.8) is 0 Å². The van der Waals surface area contributed by atoms with E-state index in [1.54, 1.807) is 7.11 Å². The first-order chi connectivity index (χ1) is 11.8. The van der Waals surface area contributed by atoms with Gasteiger partial charge in [-0.2, -0.15) is 0 Å². The standard InChI is InChI=1S/C18H29FN4O/c1-24-11-10-23-8-6-17(7-9-23)20-12-15-13-21-22-18(15)14-2-4-16(19)5-3-14/h2-5,15,17-18,20-22H,6-13H2,1H3. The number of likely N-dealkylation sites (tertiary alicyclic amines) is 1. The number of nitrogens with one attached hydrogen (secondary N) is 3. The van der Waals surface area contributed by atoms with Gasteiger partial charge in [0, 0.05) is 38.7 Å². The number of benzene rings is 1. The van der Waals surface area contributed by atoms with Crippen LogP contribution in [0, 0.1) is 11.7 Å². The molecule has 2 saturated heterocycles. The van der Waals surface area contributed by atoms with Gasteiger partial charge in [0.05, 0.1) is 12.6 Å². The average molecular weight is 336 g/mol. The molecule has 0 saturated carbocycles. The molecule has 134 valence electrons. The second kappa shape index (κ2) is 8.87. The second-order valence-corrected chi connectivity index (χ2v) is 6.83. The fourth-order valence-electron chi connectivity index (χ4n) is 3.65. The summed E-state index contributed by atoms with van der Waals surface area (Å²) in [6.07, 6.45) is 2.39. The summed E-state index contributed by atoms with van der Waals surface area (Å²) in [6.45, 7) is 6.04. The fraction of sp³-hybridized carbons (Fsp3) is 0.667. The molecule has 2 fully saturated rings. The van der Waals surface area contributed by atoms with Crippen molar-refractivity contribution in [3.05, 3.63) is 35.6 Å². The van der Waals surface area contributed by atoms with Crippen molar-refractivity contribution in [3.8, 4) is 0 Å². The molecular weight excluding hydrogens is 307 g/mol. The number of rotatable bonds is 7. The molecule has 1 aromatic rings. The van der Waals surface area contributed by atoms with Gasteiger partial charge in [-0.3, -0.25) is 5.43 Å². The van der Waals surface area contributed by atoms with Crippen LogP contribution in [0.4, 0.5) is 4.39 Å². The van der Waals surface area contributed by atoms with E-state index in [1.165, 1.54) is 25.0 Å². The third-order valence-corrected chi connectivity index (χ3v) is 5.19. The number of hydrogen-bond donors (Lipinski definition) is 3. The van der Waals surface area contributed by atoms with Crippen LogP contribution < -0.4 is 16.2 Å². The number of halogens is 1. The third-order valence-electron chi connectivity index (χ3n) is 5.19. The maximum atomic E-state index is 13.1. The lowest BCUT2D eigenvalue weighted by atomic mass is 9.94. The van der Waals surface area contributed by atoms with Crippen molar-refractivity contribution >= 4 is 0 Å². The summed E-state index contributed by atoms with van der Waals surface area (Å²) < 4.78 is 18.3. The van der Waals surface area contributed by atoms with Crippen LogP contribution >= 0.6 is 0 Å². The van der Waals surface area contributed by atoms with Crippen molar-refractivity contribution in [2.45, 2.75) is 24.9 Å². The Morgan fingerprint density at radius 3 is 2.71 bits per heavy atom. The third kappa shape index (κ3) is 4.74. The molecule has 2 aliphatic heterocycles. The van der Waals surface area contributed by atoms with E-state index in [1.807, 2.05) is 12.1 Å². The van der Waals surface area contributed by atoms with Gasteiger partial charge in [0.25, 0.3) is 0 Å². The van der Waals surface area contributed by atoms with Gasteiger partial charge in [0.2, 0.25) is 0 Å². The number of nitrogens with zero attached hydrogens (tertiary/aromatic N) is 1. The summed E-state index contributed by atoms with van der Waals surface area (Å²) in [5.41, 5.74) is 7.71. The first-order valence-corrected chi connectivity index (χ1v) is 8.95. The smallest absolute Gasteiger partial charge is 0.123 e. The molecule has 0 aromatic heterocycles. The maximum absolute atomic E-state index is 13.1. The van der Waals surface area contributed by atoms with Crippen molar-refractivity contribution in [2.75, 3.05) is 46.4 Å². The molecule has 24 heavy (non-hydrogen) atoms. The summed E-state index contributed by atoms with van der Waals surface area (Å²) in [6, 6.07) is 7.66. The highest BCUT2D eigenvalue weighted by atomic mass is 19.1. The molecule has 5 nitrogen and oxygen atoms in total. The number of ether oxygens (including phenoxy) is 1. The van der Waals surface area contributed by atoms with E-state index in [0.29, 0.717) is 12.0 Å². The van der Waals surface area contributed by atoms with Gasteiger partial charge in [-0.25, -0.2) is 9.82 Å². The van der Waals surface area contributed by atoms with Gasteiger partial charge < -0.3 is 15.0 Å². The van der Waals surface area contributed by atoms with Crippen LogP contribution in [-0.2, 0) is 4.74 Å². The summed E-state index contributed by atoms with van der Waals surface area (Å²) in [7, 11) is 1.76. The molecule has 1 aromatic carbocycles. The van der Waals surface area contributed by atoms with Crippen molar-refractivity contribution < 1.29 is 9.13 Å². The number of hydrazine groups is 1. The minimum Gasteiger partial charge on any atom is -0.383 e. The molecule has 2 unspecified atom stereocenters. The molecule has 2 heterocycles. The topological polar surface area (TPSA) is 48.6 Å². The Kier molecular flexibility index (Phi) is 6.57. The minimum atomic E-state index is -0.181. The molecule has 0 bridgehead atoms. The van der Waals surface area contributed by atoms with Crippen LogP contribution in [0.5, 0.6) is 0 Å². The predicted molar refractivity (Wildman–Crippen MR) is 93.1 cm³/mol. The summed E-state index contributed by atoms with van der Waals surface area (Å²) in [4.78, 5) is 2.47. The molecule has 0 amide bonds. The predicted octanol–water partition coefficient (Wildman–Crippen LogP) is 1.29. The van der Waals surface area contributed by atoms with Crippen molar-refractivity contribution in [1.82, 2.24) is 21.1 Å². The average Bonchev–Trinajstić information content (AvgIpc) is 3.08. The van der Waals surface area contributed by atoms with E-state index >= 15 is 0 Å². The zero-order valence-electron chi connectivity index (χ0n) is 14.4. The lowest BCUT2D eigenvalue weighted by Crippen LogP contribution is -2.45. The molecule has 2 atom stereocenters. The second-order valence-electron chi connectivity index (χ2n) is 6.83. The zero-order chi connectivity index (χ0) is 16.8. The molecule has 0 spiro atoms. The van der Waals surface area contributed by atoms with Gasteiger partial charge >= 0.3 is 0 Å². The van der Waals surface area contributed by atoms with Gasteiger partial charge in [-0.05, 0) is 43.6 Å². The molecule has 2 aliphatic rings. The first-order valence-electron chi connectivity index (χ1n) is 8.95. The number of hydrogen-bond acceptors (Lipinski definition) is 5. The van der Waals surface area contributed by atoms with E-state index < -0.39 is 0 Å². The van der Waals surface area contributed by atoms with E-state index in [2.05, 4.69) is 21.1 Å². The number of piperidine rings is 1. The van der Waals surface area contributed by atoms with Gasteiger partial charge in [0.15, 0.2) is 0 Å². The van der Waals surface area contributed by atoms with Gasteiger partial charge in [0.1, 0.15) is 5.82 Å². The SMILES string of the molecule is COCCN1CCC(NCC2CNNC2c2ccc(F)cc2)CC1. The molecule has 6 heteroatoms. The normalized spacial score (nSPS) is 26.1. The van der Waals surface area contributed by atoms with Crippen LogP contribution in [0.2, 0.25) is 0 Å². The Morgan fingerprint density at radius 1 is 1.25 bits per heavy atom. The fourth-order valence-corrected chi connectivity index (χ4v) is 3.65. The highest BCUT2D eigenvalue weighted by Crippen LogP contribution is 2.25. The van der Waals surface area contributed by atoms with E-state index in [-0.39, 0.29) is 11.9 Å². The summed E-state index contributed by atoms with van der Waals surface area (Å²) in [5, 5.41) is 3.74. The molecule has 3 N–H and O–H groups in total. The Morgan fingerprint density at radius 2 is 2.00 bits per heavy atom. The monoisotopic (exact) mass is 336 g/mol. The maximum Gasteiger partial charge on any atom is 0.123 e. The summed E-state index contributed by atoms with van der Waals surface area (Å²) >= 11 is 0. The van der Waals surface area contributed by atoms with E-state index in [4.69, 9.17) is 4.74 Å². The zero-order valence-corrected chi connectivity index (χ0v) is 14.4. The molecule has 3 rings (SSSR count). The Bertz CT molecular complexity index is 490. The largest absolute Gasteiger partial charge is 0.383 e. The molecular formula is C18H29FN4O. The van der Waals surface area contributed by atoms with Crippen LogP contribution in [0.25, 0.3) is 0 Å². The van der Waals surface area contributed by atoms with Gasteiger partial charge in [-0.15, -0.1) is 0 Å². The molecule has 0 radical (unpaired) electrons. The van der Waals surface area contributed by atoms with Crippen LogP contribution in [0.1, 0.15) is 24.4 Å².